The number of hydrogen-bond donors (Lipinski definition) is 3. The summed E-state index contributed by atoms with van der Waals surface area (Å²) < 4.78 is 0.884. The molecule has 6 heteroatoms. The van der Waals surface area contributed by atoms with E-state index < -0.39 is 0 Å². The molecule has 1 aromatic rings. The topological polar surface area (TPSA) is 49.3 Å². The zero-order valence-electron chi connectivity index (χ0n) is 10.2. The first kappa shape index (κ1) is 15.9. The van der Waals surface area contributed by atoms with Crippen molar-refractivity contribution in [2.45, 2.75) is 23.1 Å². The van der Waals surface area contributed by atoms with E-state index in [9.17, 15) is 9.90 Å². The van der Waals surface area contributed by atoms with Crippen LogP contribution in [0.4, 0.5) is 0 Å². The van der Waals surface area contributed by atoms with E-state index in [0.29, 0.717) is 10.5 Å². The normalized spacial score (nSPS) is 14.1. The molecule has 0 fully saturated rings. The number of carbonyl (C=O) groups excluding carboxylic acids is 1. The second-order valence-corrected chi connectivity index (χ2v) is 6.35. The fraction of sp³-hybridized carbons (Fsp3) is 0.417. The van der Waals surface area contributed by atoms with Crippen LogP contribution in [-0.4, -0.2) is 35.2 Å². The van der Waals surface area contributed by atoms with Crippen molar-refractivity contribution in [1.29, 1.82) is 0 Å². The Kier molecular flexibility index (Phi) is 6.55. The smallest absolute Gasteiger partial charge is 0.252 e. The summed E-state index contributed by atoms with van der Waals surface area (Å²) in [6.45, 7) is 1.92. The van der Waals surface area contributed by atoms with Crippen molar-refractivity contribution in [1.82, 2.24) is 5.32 Å². The third-order valence-corrected chi connectivity index (χ3v) is 4.63. The number of hydrogen-bond acceptors (Lipinski definition) is 4. The van der Waals surface area contributed by atoms with E-state index in [1.165, 1.54) is 11.8 Å². The lowest BCUT2D eigenvalue weighted by molar-refractivity contribution is 0.0933. The molecular weight excluding hydrogens is 334 g/mol. The molecule has 0 saturated heterocycles. The van der Waals surface area contributed by atoms with Gasteiger partial charge in [0.2, 0.25) is 0 Å². The lowest BCUT2D eigenvalue weighted by atomic mass is 10.1. The second kappa shape index (κ2) is 7.43. The van der Waals surface area contributed by atoms with Crippen molar-refractivity contribution in [2.24, 2.45) is 0 Å². The molecule has 2 unspecified atom stereocenters. The van der Waals surface area contributed by atoms with Crippen LogP contribution in [0.3, 0.4) is 0 Å². The molecule has 2 atom stereocenters. The number of benzene rings is 1. The van der Waals surface area contributed by atoms with Crippen LogP contribution in [0.5, 0.6) is 0 Å². The predicted octanol–water partition coefficient (Wildman–Crippen LogP) is 2.58. The van der Waals surface area contributed by atoms with Gasteiger partial charge < -0.3 is 10.4 Å². The molecular formula is C12H16BrNO2S2. The van der Waals surface area contributed by atoms with Crippen molar-refractivity contribution in [3.05, 3.63) is 28.2 Å². The highest BCUT2D eigenvalue weighted by molar-refractivity contribution is 9.10. The standard InChI is InChI=1S/C12H16BrNO2S2/c1-7(11(6-15)18-2)14-12(16)9-4-3-8(13)5-10(9)17/h3-5,7,11,15,17H,6H2,1-2H3,(H,14,16). The summed E-state index contributed by atoms with van der Waals surface area (Å²) in [6.07, 6.45) is 1.91. The van der Waals surface area contributed by atoms with E-state index in [1.54, 1.807) is 18.2 Å². The Hall–Kier alpha value is -0.170. The highest BCUT2D eigenvalue weighted by Crippen LogP contribution is 2.20. The number of aliphatic hydroxyl groups is 1. The lowest BCUT2D eigenvalue weighted by Gasteiger charge is -2.21. The summed E-state index contributed by atoms with van der Waals surface area (Å²) in [7, 11) is 0. The predicted molar refractivity (Wildman–Crippen MR) is 82.7 cm³/mol. The molecule has 0 aliphatic carbocycles. The van der Waals surface area contributed by atoms with Crippen molar-refractivity contribution >= 4 is 46.2 Å². The summed E-state index contributed by atoms with van der Waals surface area (Å²) in [5.41, 5.74) is 0.533. The van der Waals surface area contributed by atoms with E-state index >= 15 is 0 Å². The monoisotopic (exact) mass is 349 g/mol. The van der Waals surface area contributed by atoms with Crippen LogP contribution < -0.4 is 5.32 Å². The Morgan fingerprint density at radius 3 is 2.78 bits per heavy atom. The SMILES string of the molecule is CSC(CO)C(C)NC(=O)c1ccc(Br)cc1S. The average molecular weight is 350 g/mol. The maximum absolute atomic E-state index is 12.1. The van der Waals surface area contributed by atoms with Gasteiger partial charge >= 0.3 is 0 Å². The zero-order chi connectivity index (χ0) is 13.7. The Bertz CT molecular complexity index is 425. The number of thioether (sulfide) groups is 1. The van der Waals surface area contributed by atoms with Crippen LogP contribution >= 0.6 is 40.3 Å². The summed E-state index contributed by atoms with van der Waals surface area (Å²) in [4.78, 5) is 12.7. The molecule has 0 saturated carbocycles. The number of carbonyl (C=O) groups is 1. The minimum atomic E-state index is -0.174. The van der Waals surface area contributed by atoms with E-state index in [1.807, 2.05) is 13.2 Å². The molecule has 0 heterocycles. The number of aliphatic hydroxyl groups excluding tert-OH is 1. The second-order valence-electron chi connectivity index (χ2n) is 3.88. The Morgan fingerprint density at radius 1 is 1.61 bits per heavy atom. The molecule has 0 bridgehead atoms. The highest BCUT2D eigenvalue weighted by Gasteiger charge is 2.19. The van der Waals surface area contributed by atoms with Gasteiger partial charge in [-0.25, -0.2) is 0 Å². The summed E-state index contributed by atoms with van der Waals surface area (Å²) in [6, 6.07) is 5.20. The quantitative estimate of drug-likeness (QED) is 0.716. The molecule has 0 spiro atoms. The minimum absolute atomic E-state index is 0.00670. The zero-order valence-corrected chi connectivity index (χ0v) is 13.5. The van der Waals surface area contributed by atoms with Gasteiger partial charge in [-0.2, -0.15) is 11.8 Å². The molecule has 100 valence electrons. The number of halogens is 1. The van der Waals surface area contributed by atoms with Crippen LogP contribution in [0, 0.1) is 0 Å². The maximum atomic E-state index is 12.1. The number of thiol groups is 1. The van der Waals surface area contributed by atoms with Crippen molar-refractivity contribution < 1.29 is 9.90 Å². The summed E-state index contributed by atoms with van der Waals surface area (Å²) in [5, 5.41) is 12.0. The molecule has 18 heavy (non-hydrogen) atoms. The van der Waals surface area contributed by atoms with E-state index in [-0.39, 0.29) is 23.8 Å². The average Bonchev–Trinajstić information content (AvgIpc) is 2.30. The van der Waals surface area contributed by atoms with E-state index in [2.05, 4.69) is 33.9 Å². The minimum Gasteiger partial charge on any atom is -0.395 e. The molecule has 0 aliphatic rings. The third-order valence-electron chi connectivity index (χ3n) is 2.60. The lowest BCUT2D eigenvalue weighted by Crippen LogP contribution is -2.41. The van der Waals surface area contributed by atoms with Crippen LogP contribution in [0.2, 0.25) is 0 Å². The fourth-order valence-corrected chi connectivity index (χ4v) is 2.99. The van der Waals surface area contributed by atoms with Gasteiger partial charge in [-0.3, -0.25) is 4.79 Å². The van der Waals surface area contributed by atoms with Gasteiger partial charge in [0.15, 0.2) is 0 Å². The molecule has 1 amide bonds. The third kappa shape index (κ3) is 4.19. The number of amides is 1. The summed E-state index contributed by atoms with van der Waals surface area (Å²) in [5.74, 6) is -0.174. The van der Waals surface area contributed by atoms with E-state index in [0.717, 1.165) is 4.47 Å². The van der Waals surface area contributed by atoms with Crippen LogP contribution in [0.1, 0.15) is 17.3 Å². The molecule has 0 aromatic heterocycles. The first-order valence-corrected chi connectivity index (χ1v) is 7.95. The molecule has 1 rings (SSSR count). The number of rotatable bonds is 5. The first-order chi connectivity index (χ1) is 8.49. The Morgan fingerprint density at radius 2 is 2.28 bits per heavy atom. The summed E-state index contributed by atoms with van der Waals surface area (Å²) >= 11 is 9.14. The Labute approximate surface area is 125 Å². The van der Waals surface area contributed by atoms with Crippen molar-refractivity contribution in [3.63, 3.8) is 0 Å². The van der Waals surface area contributed by atoms with Crippen molar-refractivity contribution in [3.8, 4) is 0 Å². The van der Waals surface area contributed by atoms with Gasteiger partial charge in [0.25, 0.3) is 5.91 Å². The fourth-order valence-electron chi connectivity index (χ4n) is 1.51. The first-order valence-electron chi connectivity index (χ1n) is 5.42. The molecule has 0 radical (unpaired) electrons. The van der Waals surface area contributed by atoms with Gasteiger partial charge in [-0.05, 0) is 31.4 Å². The molecule has 1 aromatic carbocycles. The van der Waals surface area contributed by atoms with Crippen LogP contribution in [-0.2, 0) is 0 Å². The maximum Gasteiger partial charge on any atom is 0.252 e. The van der Waals surface area contributed by atoms with Gasteiger partial charge in [-0.1, -0.05) is 15.9 Å². The van der Waals surface area contributed by atoms with Gasteiger partial charge in [0.1, 0.15) is 0 Å². The van der Waals surface area contributed by atoms with Crippen molar-refractivity contribution in [2.75, 3.05) is 12.9 Å². The molecule has 0 aliphatic heterocycles. The van der Waals surface area contributed by atoms with Gasteiger partial charge in [0.05, 0.1) is 12.2 Å². The highest BCUT2D eigenvalue weighted by atomic mass is 79.9. The van der Waals surface area contributed by atoms with E-state index in [4.69, 9.17) is 0 Å². The number of nitrogens with one attached hydrogen (secondary N) is 1. The largest absolute Gasteiger partial charge is 0.395 e. The Balaban J connectivity index is 2.76. The van der Waals surface area contributed by atoms with Crippen LogP contribution in [0.25, 0.3) is 0 Å². The molecule has 3 nitrogen and oxygen atoms in total. The van der Waals surface area contributed by atoms with Crippen LogP contribution in [0.15, 0.2) is 27.6 Å². The van der Waals surface area contributed by atoms with Gasteiger partial charge in [0, 0.05) is 20.7 Å². The van der Waals surface area contributed by atoms with Gasteiger partial charge in [-0.15, -0.1) is 12.6 Å². The molecule has 2 N–H and O–H groups in total.